The summed E-state index contributed by atoms with van der Waals surface area (Å²) in [7, 11) is 0. The van der Waals surface area contributed by atoms with Gasteiger partial charge in [0, 0.05) is 24.8 Å². The van der Waals surface area contributed by atoms with Crippen LogP contribution in [0.2, 0.25) is 0 Å². The quantitative estimate of drug-likeness (QED) is 0.324. The number of carbonyl (C=O) groups is 2. The number of carboxylic acid groups (broad SMARTS) is 2. The molecule has 0 aromatic carbocycles. The topological polar surface area (TPSA) is 102 Å². The molecule has 1 aromatic heterocycles. The number of thioether (sulfide) groups is 1. The van der Waals surface area contributed by atoms with Gasteiger partial charge in [-0.05, 0) is 18.6 Å². The molecule has 8 heteroatoms. The van der Waals surface area contributed by atoms with Crippen molar-refractivity contribution < 1.29 is 24.5 Å². The van der Waals surface area contributed by atoms with E-state index in [1.165, 1.54) is 57.1 Å². The molecule has 0 fully saturated rings. The van der Waals surface area contributed by atoms with Crippen molar-refractivity contribution in [3.8, 4) is 0 Å². The highest BCUT2D eigenvalue weighted by Gasteiger charge is 2.10. The van der Waals surface area contributed by atoms with Crippen molar-refractivity contribution in [1.82, 2.24) is 9.55 Å². The third kappa shape index (κ3) is 16.6. The smallest absolute Gasteiger partial charge is 0.414 e. The molecule has 162 valence electrons. The largest absolute Gasteiger partial charge is 0.473 e. The van der Waals surface area contributed by atoms with E-state index in [9.17, 15) is 0 Å². The lowest BCUT2D eigenvalue weighted by Crippen LogP contribution is -2.23. The third-order valence-corrected chi connectivity index (χ3v) is 5.14. The summed E-state index contributed by atoms with van der Waals surface area (Å²) < 4.78 is 8.25. The van der Waals surface area contributed by atoms with Gasteiger partial charge in [-0.2, -0.15) is 11.8 Å². The van der Waals surface area contributed by atoms with Gasteiger partial charge in [0.15, 0.2) is 0 Å². The minimum absolute atomic E-state index is 0.312. The van der Waals surface area contributed by atoms with E-state index in [0.29, 0.717) is 6.10 Å². The zero-order valence-electron chi connectivity index (χ0n) is 17.2. The summed E-state index contributed by atoms with van der Waals surface area (Å²) in [5, 5.41) is 14.8. The molecule has 1 aromatic rings. The minimum atomic E-state index is -1.82. The number of ether oxygens (including phenoxy) is 1. The number of carboxylic acids is 2. The van der Waals surface area contributed by atoms with Crippen LogP contribution in [-0.4, -0.2) is 55.9 Å². The highest BCUT2D eigenvalue weighted by atomic mass is 32.2. The average molecular weight is 417 g/mol. The molecule has 1 rings (SSSR count). The monoisotopic (exact) mass is 416 g/mol. The normalized spacial score (nSPS) is 11.5. The summed E-state index contributed by atoms with van der Waals surface area (Å²) in [5.74, 6) is -1.29. The molecule has 2 N–H and O–H groups in total. The van der Waals surface area contributed by atoms with Crippen LogP contribution in [0.5, 0.6) is 0 Å². The second-order valence-electron chi connectivity index (χ2n) is 6.56. The van der Waals surface area contributed by atoms with Crippen molar-refractivity contribution in [3.05, 3.63) is 18.7 Å². The average Bonchev–Trinajstić information content (AvgIpc) is 3.17. The summed E-state index contributed by atoms with van der Waals surface area (Å²) in [6, 6.07) is 0. The van der Waals surface area contributed by atoms with E-state index in [4.69, 9.17) is 24.5 Å². The van der Waals surface area contributed by atoms with E-state index in [-0.39, 0.29) is 0 Å². The Morgan fingerprint density at radius 3 is 2.21 bits per heavy atom. The molecule has 28 heavy (non-hydrogen) atoms. The number of rotatable bonds is 15. The first-order chi connectivity index (χ1) is 13.5. The van der Waals surface area contributed by atoms with E-state index in [2.05, 4.69) is 23.4 Å². The van der Waals surface area contributed by atoms with E-state index in [1.54, 1.807) is 0 Å². The van der Waals surface area contributed by atoms with Crippen LogP contribution < -0.4 is 0 Å². The van der Waals surface area contributed by atoms with E-state index < -0.39 is 11.9 Å². The molecular formula is C20H36N2O5S. The molecule has 0 amide bonds. The lowest BCUT2D eigenvalue weighted by atomic mass is 10.2. The van der Waals surface area contributed by atoms with Crippen LogP contribution in [0.15, 0.2) is 18.7 Å². The molecule has 0 radical (unpaired) electrons. The van der Waals surface area contributed by atoms with Crippen molar-refractivity contribution in [2.24, 2.45) is 0 Å². The number of aliphatic carboxylic acids is 2. The van der Waals surface area contributed by atoms with Gasteiger partial charge in [0.1, 0.15) is 0 Å². The Bertz CT molecular complexity index is 485. The first kappa shape index (κ1) is 26.5. The van der Waals surface area contributed by atoms with Gasteiger partial charge in [-0.25, -0.2) is 14.6 Å². The van der Waals surface area contributed by atoms with Crippen molar-refractivity contribution in [1.29, 1.82) is 0 Å². The lowest BCUT2D eigenvalue weighted by Gasteiger charge is -2.18. The van der Waals surface area contributed by atoms with Crippen LogP contribution in [0.3, 0.4) is 0 Å². The van der Waals surface area contributed by atoms with Crippen molar-refractivity contribution >= 4 is 23.7 Å². The Morgan fingerprint density at radius 1 is 1.04 bits per heavy atom. The number of hydrogen-bond donors (Lipinski definition) is 2. The second kappa shape index (κ2) is 18.8. The third-order valence-electron chi connectivity index (χ3n) is 3.95. The van der Waals surface area contributed by atoms with Crippen LogP contribution in [0.4, 0.5) is 0 Å². The molecule has 0 saturated carbocycles. The number of hydrogen-bond acceptors (Lipinski definition) is 5. The van der Waals surface area contributed by atoms with Crippen LogP contribution in [0.1, 0.15) is 65.2 Å². The number of nitrogens with zero attached hydrogens (tertiary/aromatic N) is 2. The molecule has 0 saturated heterocycles. The Hall–Kier alpha value is -1.54. The summed E-state index contributed by atoms with van der Waals surface area (Å²) >= 11 is 2.04. The van der Waals surface area contributed by atoms with E-state index >= 15 is 0 Å². The zero-order valence-corrected chi connectivity index (χ0v) is 18.0. The molecule has 1 heterocycles. The Morgan fingerprint density at radius 2 is 1.68 bits per heavy atom. The SMILES string of the molecule is CCCCCCOC(CSCCCCCC)Cn1ccnc1.O=C(O)C(=O)O. The maximum atomic E-state index is 9.10. The fraction of sp³-hybridized carbons (Fsp3) is 0.750. The highest BCUT2D eigenvalue weighted by molar-refractivity contribution is 7.99. The minimum Gasteiger partial charge on any atom is -0.473 e. The van der Waals surface area contributed by atoms with Crippen LogP contribution >= 0.6 is 11.8 Å². The predicted molar refractivity (Wildman–Crippen MR) is 113 cm³/mol. The van der Waals surface area contributed by atoms with Gasteiger partial charge < -0.3 is 19.5 Å². The van der Waals surface area contributed by atoms with Gasteiger partial charge in [-0.15, -0.1) is 0 Å². The van der Waals surface area contributed by atoms with Crippen LogP contribution in [0.25, 0.3) is 0 Å². The van der Waals surface area contributed by atoms with Crippen LogP contribution in [-0.2, 0) is 20.9 Å². The maximum Gasteiger partial charge on any atom is 0.414 e. The first-order valence-electron chi connectivity index (χ1n) is 10.1. The van der Waals surface area contributed by atoms with Gasteiger partial charge >= 0.3 is 11.9 Å². The van der Waals surface area contributed by atoms with Crippen LogP contribution in [0, 0.1) is 0 Å². The molecule has 1 unspecified atom stereocenters. The molecule has 0 aliphatic rings. The van der Waals surface area contributed by atoms with Gasteiger partial charge in [-0.1, -0.05) is 52.4 Å². The zero-order chi connectivity index (χ0) is 21.0. The first-order valence-corrected chi connectivity index (χ1v) is 11.3. The Balaban J connectivity index is 0.00000105. The molecule has 1 atom stereocenters. The van der Waals surface area contributed by atoms with Crippen molar-refractivity contribution in [2.45, 2.75) is 77.9 Å². The molecule has 0 spiro atoms. The highest BCUT2D eigenvalue weighted by Crippen LogP contribution is 2.13. The van der Waals surface area contributed by atoms with Gasteiger partial charge in [0.25, 0.3) is 0 Å². The number of unbranched alkanes of at least 4 members (excludes halogenated alkanes) is 6. The van der Waals surface area contributed by atoms with Gasteiger partial charge in [0.2, 0.25) is 0 Å². The molecule has 0 aliphatic carbocycles. The molecular weight excluding hydrogens is 380 g/mol. The summed E-state index contributed by atoms with van der Waals surface area (Å²) in [5.41, 5.74) is 0. The van der Waals surface area contributed by atoms with Gasteiger partial charge in [-0.3, -0.25) is 0 Å². The predicted octanol–water partition coefficient (Wildman–Crippen LogP) is 4.32. The lowest BCUT2D eigenvalue weighted by molar-refractivity contribution is -0.159. The van der Waals surface area contributed by atoms with Crippen molar-refractivity contribution in [2.75, 3.05) is 18.1 Å². The summed E-state index contributed by atoms with van der Waals surface area (Å²) in [4.78, 5) is 22.3. The fourth-order valence-corrected chi connectivity index (χ4v) is 3.45. The maximum absolute atomic E-state index is 9.10. The van der Waals surface area contributed by atoms with Gasteiger partial charge in [0.05, 0.1) is 19.0 Å². The second-order valence-corrected chi connectivity index (χ2v) is 7.71. The number of aromatic nitrogens is 2. The Labute approximate surface area is 172 Å². The van der Waals surface area contributed by atoms with E-state index in [1.807, 2.05) is 30.5 Å². The standard InChI is InChI=1S/C18H34N2OS.C2H2O4/c1-3-5-7-9-13-21-18(15-20-12-11-19-17-20)16-22-14-10-8-6-4-2;3-1(4)2(5)6/h11-12,17-18H,3-10,13-16H2,1-2H3;(H,3,4)(H,5,6). The number of imidazole rings is 1. The fourth-order valence-electron chi connectivity index (χ4n) is 2.41. The summed E-state index contributed by atoms with van der Waals surface area (Å²) in [6.45, 7) is 6.34. The summed E-state index contributed by atoms with van der Waals surface area (Å²) in [6.07, 6.45) is 16.5. The Kier molecular flexibility index (Phi) is 17.8. The molecule has 0 aliphatic heterocycles. The van der Waals surface area contributed by atoms with Crippen molar-refractivity contribution in [3.63, 3.8) is 0 Å². The van der Waals surface area contributed by atoms with E-state index in [0.717, 1.165) is 18.9 Å². The molecule has 0 bridgehead atoms. The molecule has 7 nitrogen and oxygen atoms in total.